The van der Waals surface area contributed by atoms with E-state index in [0.717, 1.165) is 109 Å². The minimum Gasteiger partial charge on any atom is -0.462 e. The van der Waals surface area contributed by atoms with Gasteiger partial charge >= 0.3 is 25.7 Å². The maximum absolute atomic E-state index is 12.9. The summed E-state index contributed by atoms with van der Waals surface area (Å²) in [6.45, 7) is 4.47. The lowest BCUT2D eigenvalue weighted by molar-refractivity contribution is -0.161. The molecule has 3 unspecified atom stereocenters. The third kappa shape index (κ3) is 55.4. The largest absolute Gasteiger partial charge is 0.472 e. The van der Waals surface area contributed by atoms with Gasteiger partial charge in [-0.3, -0.25) is 23.4 Å². The Morgan fingerprint density at radius 2 is 0.684 bits per heavy atom. The van der Waals surface area contributed by atoms with Gasteiger partial charge in [0.05, 0.1) is 19.8 Å². The van der Waals surface area contributed by atoms with E-state index in [4.69, 9.17) is 23.3 Å². The number of aliphatic hydroxyl groups is 1. The Bertz CT molecular complexity index is 1600. The van der Waals surface area contributed by atoms with E-state index in [-0.39, 0.29) is 25.9 Å². The molecule has 76 heavy (non-hydrogen) atoms. The molecule has 0 spiro atoms. The van der Waals surface area contributed by atoms with Crippen LogP contribution in [0.2, 0.25) is 0 Å². The predicted molar refractivity (Wildman–Crippen MR) is 316 cm³/mol. The second-order valence-electron chi connectivity index (χ2n) is 20.1. The van der Waals surface area contributed by atoms with Gasteiger partial charge in [0.25, 0.3) is 0 Å². The highest BCUT2D eigenvalue weighted by Gasteiger charge is 2.28. The molecule has 0 heterocycles. The first-order chi connectivity index (χ1) is 37.2. The van der Waals surface area contributed by atoms with Gasteiger partial charge in [0.15, 0.2) is 6.10 Å². The molecule has 2 N–H and O–H groups in total. The molecule has 3 atom stereocenters. The molecule has 0 saturated heterocycles. The van der Waals surface area contributed by atoms with Gasteiger partial charge in [0.2, 0.25) is 0 Å². The molecule has 0 aliphatic heterocycles. The number of ether oxygens (including phenoxy) is 3. The van der Waals surface area contributed by atoms with Gasteiger partial charge in [-0.15, -0.1) is 0 Å². The average molecular weight is 1090 g/mol. The zero-order valence-corrected chi connectivity index (χ0v) is 49.3. The van der Waals surface area contributed by atoms with Crippen LogP contribution in [-0.4, -0.2) is 66.5 Å². The second-order valence-corrected chi connectivity index (χ2v) is 21.6. The van der Waals surface area contributed by atoms with E-state index in [1.54, 1.807) is 0 Å². The fraction of sp³-hybridized carbons (Fsp3) is 0.734. The zero-order chi connectivity index (χ0) is 55.5. The number of hydrogen-bond acceptors (Lipinski definition) is 10. The summed E-state index contributed by atoms with van der Waals surface area (Å²) >= 11 is 0. The van der Waals surface area contributed by atoms with Crippen LogP contribution in [0, 0.1) is 0 Å². The first-order valence-electron chi connectivity index (χ1n) is 30.5. The van der Waals surface area contributed by atoms with Crippen LogP contribution in [-0.2, 0) is 42.2 Å². The smallest absolute Gasteiger partial charge is 0.462 e. The molecule has 438 valence electrons. The van der Waals surface area contributed by atoms with Gasteiger partial charge in [-0.2, -0.15) is 0 Å². The summed E-state index contributed by atoms with van der Waals surface area (Å²) in [4.78, 5) is 48.6. The fourth-order valence-corrected chi connectivity index (χ4v) is 8.96. The molecule has 0 rings (SSSR count). The van der Waals surface area contributed by atoms with E-state index in [0.29, 0.717) is 19.3 Å². The molecular formula is C64H111O11P. The Labute approximate surface area is 464 Å². The lowest BCUT2D eigenvalue weighted by Crippen LogP contribution is -2.30. The van der Waals surface area contributed by atoms with Crippen LogP contribution in [0.1, 0.15) is 265 Å². The van der Waals surface area contributed by atoms with Crippen LogP contribution in [0.3, 0.4) is 0 Å². The molecule has 12 heteroatoms. The average Bonchev–Trinajstić information content (AvgIpc) is 3.41. The standard InChI is InChI=1S/C64H111O11P/c1-4-7-10-13-16-19-22-25-28-29-30-31-34-37-40-43-46-49-52-55-64(68)75-61(57-71-62(66)53-50-47-44-41-38-35-32-26-23-20-17-14-11-8-5-2)59-73-76(69,70)72-58-60(56-65)74-63(67)54-51-48-45-42-39-36-33-27-24-21-18-15-12-9-6-3/h8,11,16-17,19-20,25-26,28,30-32,38,41,60-61,65H,4-7,9-10,12-15,18,21-24,27,29,33-37,39-40,42-59H2,1-3H3,(H,69,70)/b11-8-,19-16-,20-17-,28-25-,31-30-,32-26-,41-38-. The summed E-state index contributed by atoms with van der Waals surface area (Å²) in [5, 5.41) is 9.83. The normalized spacial score (nSPS) is 13.9. The highest BCUT2D eigenvalue weighted by Crippen LogP contribution is 2.43. The highest BCUT2D eigenvalue weighted by molar-refractivity contribution is 7.47. The SMILES string of the molecule is CC/C=C\C/C=C\C/C=C\C/C=C\CCCCC(=O)OCC(COP(=O)(O)OCC(CO)OC(=O)CCCCCCCCCCCCCCCCC)OC(=O)CCCCCCCC/C=C\C/C=C\C/C=C\CCCCC. The quantitative estimate of drug-likeness (QED) is 0.0197. The van der Waals surface area contributed by atoms with Gasteiger partial charge in [-0.1, -0.05) is 234 Å². The van der Waals surface area contributed by atoms with Crippen molar-refractivity contribution in [1.29, 1.82) is 0 Å². The molecule has 0 saturated carbocycles. The highest BCUT2D eigenvalue weighted by atomic mass is 31.2. The molecule has 0 aromatic carbocycles. The molecule has 0 aromatic rings. The topological polar surface area (TPSA) is 155 Å². The number of phosphoric ester groups is 1. The van der Waals surface area contributed by atoms with Crippen molar-refractivity contribution in [3.8, 4) is 0 Å². The molecule has 0 amide bonds. The second kappa shape index (κ2) is 57.8. The molecule has 0 aliphatic rings. The fourth-order valence-electron chi connectivity index (χ4n) is 8.18. The summed E-state index contributed by atoms with van der Waals surface area (Å²) in [6, 6.07) is 0. The molecule has 0 fully saturated rings. The van der Waals surface area contributed by atoms with Gasteiger partial charge in [-0.25, -0.2) is 4.57 Å². The molecule has 11 nitrogen and oxygen atoms in total. The summed E-state index contributed by atoms with van der Waals surface area (Å²) in [7, 11) is -4.76. The van der Waals surface area contributed by atoms with Crippen molar-refractivity contribution in [2.24, 2.45) is 0 Å². The van der Waals surface area contributed by atoms with E-state index in [2.05, 4.69) is 106 Å². The lowest BCUT2D eigenvalue weighted by Gasteiger charge is -2.21. The molecule has 0 aliphatic carbocycles. The van der Waals surface area contributed by atoms with Gasteiger partial charge in [0.1, 0.15) is 12.7 Å². The third-order valence-electron chi connectivity index (χ3n) is 12.8. The summed E-state index contributed by atoms with van der Waals surface area (Å²) in [5.74, 6) is -1.52. The first kappa shape index (κ1) is 72.7. The van der Waals surface area contributed by atoms with E-state index < -0.39 is 57.8 Å². The maximum Gasteiger partial charge on any atom is 0.472 e. The van der Waals surface area contributed by atoms with Crippen LogP contribution < -0.4 is 0 Å². The van der Waals surface area contributed by atoms with Gasteiger partial charge < -0.3 is 24.2 Å². The molecular weight excluding hydrogens is 976 g/mol. The van der Waals surface area contributed by atoms with Crippen LogP contribution in [0.4, 0.5) is 0 Å². The number of unbranched alkanes of at least 4 members (excludes halogenated alkanes) is 25. The summed E-state index contributed by atoms with van der Waals surface area (Å²) in [6.07, 6.45) is 66.8. The molecule has 0 bridgehead atoms. The first-order valence-corrected chi connectivity index (χ1v) is 32.0. The molecule has 0 aromatic heterocycles. The van der Waals surface area contributed by atoms with E-state index >= 15 is 0 Å². The monoisotopic (exact) mass is 1090 g/mol. The minimum atomic E-state index is -4.76. The van der Waals surface area contributed by atoms with Crippen LogP contribution in [0.25, 0.3) is 0 Å². The Hall–Kier alpha value is -3.34. The minimum absolute atomic E-state index is 0.142. The van der Waals surface area contributed by atoms with Crippen molar-refractivity contribution in [3.63, 3.8) is 0 Å². The van der Waals surface area contributed by atoms with E-state index in [1.165, 1.54) is 96.3 Å². The Morgan fingerprint density at radius 3 is 1.11 bits per heavy atom. The Morgan fingerprint density at radius 1 is 0.382 bits per heavy atom. The van der Waals surface area contributed by atoms with Crippen LogP contribution in [0.15, 0.2) is 85.1 Å². The van der Waals surface area contributed by atoms with Crippen molar-refractivity contribution in [2.45, 2.75) is 277 Å². The number of phosphoric acid groups is 1. The van der Waals surface area contributed by atoms with Gasteiger partial charge in [0, 0.05) is 19.3 Å². The number of hydrogen-bond donors (Lipinski definition) is 2. The summed E-state index contributed by atoms with van der Waals surface area (Å²) in [5.41, 5.74) is 0. The van der Waals surface area contributed by atoms with Crippen molar-refractivity contribution >= 4 is 25.7 Å². The third-order valence-corrected chi connectivity index (χ3v) is 13.8. The number of aliphatic hydroxyl groups excluding tert-OH is 1. The Balaban J connectivity index is 4.78. The number of allylic oxidation sites excluding steroid dienone is 14. The van der Waals surface area contributed by atoms with E-state index in [1.807, 2.05) is 0 Å². The number of esters is 3. The van der Waals surface area contributed by atoms with E-state index in [9.17, 15) is 28.9 Å². The summed E-state index contributed by atoms with van der Waals surface area (Å²) < 4.78 is 39.6. The number of carbonyl (C=O) groups excluding carboxylic acids is 3. The maximum atomic E-state index is 12.9. The zero-order valence-electron chi connectivity index (χ0n) is 48.5. The van der Waals surface area contributed by atoms with Crippen molar-refractivity contribution in [1.82, 2.24) is 0 Å². The van der Waals surface area contributed by atoms with Crippen molar-refractivity contribution in [2.75, 3.05) is 26.4 Å². The van der Waals surface area contributed by atoms with Crippen LogP contribution >= 0.6 is 7.82 Å². The molecule has 0 radical (unpaired) electrons. The van der Waals surface area contributed by atoms with Gasteiger partial charge in [-0.05, 0) is 96.3 Å². The Kier molecular flexibility index (Phi) is 55.3. The van der Waals surface area contributed by atoms with Crippen molar-refractivity contribution < 1.29 is 52.2 Å². The van der Waals surface area contributed by atoms with Crippen molar-refractivity contribution in [3.05, 3.63) is 85.1 Å². The lowest BCUT2D eigenvalue weighted by atomic mass is 10.0. The van der Waals surface area contributed by atoms with Crippen LogP contribution in [0.5, 0.6) is 0 Å². The number of rotatable bonds is 56. The predicted octanol–water partition coefficient (Wildman–Crippen LogP) is 18.3. The number of carbonyl (C=O) groups is 3.